The molecule has 0 saturated heterocycles. The molecule has 1 heterocycles. The SMILES string of the molecule is COCCCCNc1nc(C)cc(C#N)n1. The second kappa shape index (κ2) is 6.75. The Labute approximate surface area is 95.5 Å². The Hall–Kier alpha value is -1.67. The fraction of sp³-hybridized carbons (Fsp3) is 0.545. The van der Waals surface area contributed by atoms with Crippen molar-refractivity contribution in [2.75, 3.05) is 25.6 Å². The molecule has 0 atom stereocenters. The molecule has 1 aromatic rings. The minimum Gasteiger partial charge on any atom is -0.385 e. The van der Waals surface area contributed by atoms with Crippen LogP contribution in [0.5, 0.6) is 0 Å². The Balaban J connectivity index is 2.42. The number of nitriles is 1. The van der Waals surface area contributed by atoms with Gasteiger partial charge in [-0.25, -0.2) is 9.97 Å². The van der Waals surface area contributed by atoms with Gasteiger partial charge in [-0.15, -0.1) is 0 Å². The first-order chi connectivity index (χ1) is 7.76. The molecule has 0 aliphatic rings. The van der Waals surface area contributed by atoms with Gasteiger partial charge in [-0.3, -0.25) is 0 Å². The molecule has 0 saturated carbocycles. The summed E-state index contributed by atoms with van der Waals surface area (Å²) < 4.78 is 4.95. The molecule has 0 radical (unpaired) electrons. The van der Waals surface area contributed by atoms with Crippen LogP contribution in [-0.4, -0.2) is 30.2 Å². The van der Waals surface area contributed by atoms with Gasteiger partial charge in [-0.1, -0.05) is 0 Å². The van der Waals surface area contributed by atoms with Crippen LogP contribution in [0.4, 0.5) is 5.95 Å². The predicted molar refractivity (Wildman–Crippen MR) is 61.1 cm³/mol. The third-order valence-electron chi connectivity index (χ3n) is 2.03. The van der Waals surface area contributed by atoms with E-state index in [9.17, 15) is 0 Å². The molecule has 1 rings (SSSR count). The number of unbranched alkanes of at least 4 members (excludes halogenated alkanes) is 1. The summed E-state index contributed by atoms with van der Waals surface area (Å²) in [7, 11) is 1.69. The third kappa shape index (κ3) is 4.24. The topological polar surface area (TPSA) is 70.8 Å². The Morgan fingerprint density at radius 1 is 1.44 bits per heavy atom. The number of rotatable bonds is 6. The Bertz CT molecular complexity index is 373. The van der Waals surface area contributed by atoms with Crippen LogP contribution in [0, 0.1) is 18.3 Å². The standard InChI is InChI=1S/C11H16N4O/c1-9-7-10(8-12)15-11(14-9)13-5-3-4-6-16-2/h7H,3-6H2,1-2H3,(H,13,14,15). The van der Waals surface area contributed by atoms with Gasteiger partial charge < -0.3 is 10.1 Å². The minimum absolute atomic E-state index is 0.395. The molecular formula is C11H16N4O. The second-order valence-corrected chi connectivity index (χ2v) is 3.46. The van der Waals surface area contributed by atoms with E-state index in [4.69, 9.17) is 10.00 Å². The zero-order chi connectivity index (χ0) is 11.8. The van der Waals surface area contributed by atoms with Gasteiger partial charge in [0.15, 0.2) is 0 Å². The molecule has 16 heavy (non-hydrogen) atoms. The maximum atomic E-state index is 8.74. The van der Waals surface area contributed by atoms with E-state index in [-0.39, 0.29) is 0 Å². The molecule has 0 unspecified atom stereocenters. The highest BCUT2D eigenvalue weighted by atomic mass is 16.5. The van der Waals surface area contributed by atoms with Crippen molar-refractivity contribution in [3.8, 4) is 6.07 Å². The quantitative estimate of drug-likeness (QED) is 0.735. The van der Waals surface area contributed by atoms with E-state index in [1.54, 1.807) is 13.2 Å². The molecule has 5 heteroatoms. The fourth-order valence-electron chi connectivity index (χ4n) is 1.28. The average Bonchev–Trinajstić information content (AvgIpc) is 2.28. The van der Waals surface area contributed by atoms with E-state index < -0.39 is 0 Å². The third-order valence-corrected chi connectivity index (χ3v) is 2.03. The number of nitrogens with one attached hydrogen (secondary N) is 1. The van der Waals surface area contributed by atoms with Gasteiger partial charge in [0.2, 0.25) is 5.95 Å². The molecule has 86 valence electrons. The molecule has 0 amide bonds. The molecule has 1 N–H and O–H groups in total. The van der Waals surface area contributed by atoms with Crippen molar-refractivity contribution in [2.45, 2.75) is 19.8 Å². The lowest BCUT2D eigenvalue weighted by Crippen LogP contribution is -2.07. The van der Waals surface area contributed by atoms with Crippen molar-refractivity contribution in [1.82, 2.24) is 9.97 Å². The Morgan fingerprint density at radius 2 is 2.25 bits per heavy atom. The Morgan fingerprint density at radius 3 is 2.94 bits per heavy atom. The first-order valence-electron chi connectivity index (χ1n) is 5.25. The van der Waals surface area contributed by atoms with Crippen LogP contribution in [0.15, 0.2) is 6.07 Å². The molecule has 0 aliphatic carbocycles. The summed E-state index contributed by atoms with van der Waals surface area (Å²) in [6.07, 6.45) is 1.99. The summed E-state index contributed by atoms with van der Waals surface area (Å²) in [4.78, 5) is 8.25. The van der Waals surface area contributed by atoms with Gasteiger partial charge in [0.05, 0.1) is 0 Å². The highest BCUT2D eigenvalue weighted by Gasteiger charge is 2.00. The number of hydrogen-bond donors (Lipinski definition) is 1. The maximum Gasteiger partial charge on any atom is 0.224 e. The molecule has 0 aromatic carbocycles. The van der Waals surface area contributed by atoms with Crippen LogP contribution in [0.2, 0.25) is 0 Å². The lowest BCUT2D eigenvalue weighted by atomic mass is 10.3. The number of aromatic nitrogens is 2. The molecule has 0 fully saturated rings. The summed E-state index contributed by atoms with van der Waals surface area (Å²) >= 11 is 0. The number of aryl methyl sites for hydroxylation is 1. The van der Waals surface area contributed by atoms with Crippen LogP contribution in [-0.2, 0) is 4.74 Å². The zero-order valence-corrected chi connectivity index (χ0v) is 9.66. The highest BCUT2D eigenvalue weighted by molar-refractivity contribution is 5.32. The number of anilines is 1. The number of nitrogens with zero attached hydrogens (tertiary/aromatic N) is 3. The molecular weight excluding hydrogens is 204 g/mol. The van der Waals surface area contributed by atoms with Gasteiger partial charge in [0.25, 0.3) is 0 Å². The summed E-state index contributed by atoms with van der Waals surface area (Å²) in [5.41, 5.74) is 1.19. The van der Waals surface area contributed by atoms with Gasteiger partial charge in [0, 0.05) is 26.0 Å². The molecule has 1 aromatic heterocycles. The minimum atomic E-state index is 0.395. The van der Waals surface area contributed by atoms with Crippen LogP contribution >= 0.6 is 0 Å². The van der Waals surface area contributed by atoms with E-state index in [2.05, 4.69) is 15.3 Å². The van der Waals surface area contributed by atoms with Crippen LogP contribution in [0.25, 0.3) is 0 Å². The Kier molecular flexibility index (Phi) is 5.23. The number of hydrogen-bond acceptors (Lipinski definition) is 5. The van der Waals surface area contributed by atoms with E-state index in [1.807, 2.05) is 13.0 Å². The fourth-order valence-corrected chi connectivity index (χ4v) is 1.28. The van der Waals surface area contributed by atoms with Crippen LogP contribution in [0.3, 0.4) is 0 Å². The summed E-state index contributed by atoms with van der Waals surface area (Å²) in [5, 5.41) is 11.8. The van der Waals surface area contributed by atoms with Crippen LogP contribution in [0.1, 0.15) is 24.2 Å². The molecule has 0 bridgehead atoms. The normalized spacial score (nSPS) is 9.81. The van der Waals surface area contributed by atoms with Crippen molar-refractivity contribution in [3.63, 3.8) is 0 Å². The maximum absolute atomic E-state index is 8.74. The van der Waals surface area contributed by atoms with Gasteiger partial charge in [-0.2, -0.15) is 5.26 Å². The lowest BCUT2D eigenvalue weighted by Gasteiger charge is -2.05. The highest BCUT2D eigenvalue weighted by Crippen LogP contribution is 2.04. The number of methoxy groups -OCH3 is 1. The van der Waals surface area contributed by atoms with E-state index in [0.29, 0.717) is 11.6 Å². The van der Waals surface area contributed by atoms with Gasteiger partial charge >= 0.3 is 0 Å². The van der Waals surface area contributed by atoms with Crippen LogP contribution < -0.4 is 5.32 Å². The first kappa shape index (κ1) is 12.4. The summed E-state index contributed by atoms with van der Waals surface area (Å²) in [6, 6.07) is 3.67. The largest absolute Gasteiger partial charge is 0.385 e. The monoisotopic (exact) mass is 220 g/mol. The van der Waals surface area contributed by atoms with E-state index >= 15 is 0 Å². The van der Waals surface area contributed by atoms with Crippen molar-refractivity contribution in [2.24, 2.45) is 0 Å². The average molecular weight is 220 g/mol. The number of ether oxygens (including phenoxy) is 1. The van der Waals surface area contributed by atoms with Gasteiger partial charge in [-0.05, 0) is 25.8 Å². The molecule has 0 spiro atoms. The van der Waals surface area contributed by atoms with Crippen molar-refractivity contribution >= 4 is 5.95 Å². The smallest absolute Gasteiger partial charge is 0.224 e. The zero-order valence-electron chi connectivity index (χ0n) is 9.66. The van der Waals surface area contributed by atoms with Gasteiger partial charge in [0.1, 0.15) is 11.8 Å². The molecule has 0 aliphatic heterocycles. The summed E-state index contributed by atoms with van der Waals surface area (Å²) in [5.74, 6) is 0.522. The summed E-state index contributed by atoms with van der Waals surface area (Å²) in [6.45, 7) is 3.40. The van der Waals surface area contributed by atoms with E-state index in [0.717, 1.165) is 31.7 Å². The first-order valence-corrected chi connectivity index (χ1v) is 5.25. The second-order valence-electron chi connectivity index (χ2n) is 3.46. The van der Waals surface area contributed by atoms with Crippen molar-refractivity contribution in [1.29, 1.82) is 5.26 Å². The predicted octanol–water partition coefficient (Wildman–Crippen LogP) is 1.50. The lowest BCUT2D eigenvalue weighted by molar-refractivity contribution is 0.193. The molecule has 5 nitrogen and oxygen atoms in total. The van der Waals surface area contributed by atoms with E-state index in [1.165, 1.54) is 0 Å². The van der Waals surface area contributed by atoms with Crippen molar-refractivity contribution < 1.29 is 4.74 Å². The van der Waals surface area contributed by atoms with Crippen molar-refractivity contribution in [3.05, 3.63) is 17.5 Å².